The number of likely N-dealkylation sites (N-methyl/N-ethyl adjacent to an activating group) is 1. The first-order valence-electron chi connectivity index (χ1n) is 10.5. The van der Waals surface area contributed by atoms with E-state index in [1.807, 2.05) is 48.5 Å². The van der Waals surface area contributed by atoms with Gasteiger partial charge in [-0.15, -0.1) is 0 Å². The largest absolute Gasteiger partial charge is 0.497 e. The van der Waals surface area contributed by atoms with Crippen LogP contribution in [0, 0.1) is 5.82 Å². The number of halogens is 1. The number of hydrogen-bond donors (Lipinski definition) is 0. The first-order chi connectivity index (χ1) is 14.1. The summed E-state index contributed by atoms with van der Waals surface area (Å²) in [6, 6.07) is 4.08. The van der Waals surface area contributed by atoms with Gasteiger partial charge in [-0.1, -0.05) is 0 Å². The number of nitrogens with zero attached hydrogens (tertiary/aromatic N) is 2. The lowest BCUT2D eigenvalue weighted by Crippen LogP contribution is -2.61. The minimum absolute atomic E-state index is 0.123. The van der Waals surface area contributed by atoms with Crippen LogP contribution in [-0.4, -0.2) is 71.9 Å². The monoisotopic (exact) mass is 434 g/mol. The maximum Gasteiger partial charge on any atom is 0.497 e. The van der Waals surface area contributed by atoms with E-state index in [-0.39, 0.29) is 17.4 Å². The first-order valence-corrected chi connectivity index (χ1v) is 10.5. The summed E-state index contributed by atoms with van der Waals surface area (Å²) in [5.41, 5.74) is -1.25. The average Bonchev–Trinajstić information content (AvgIpc) is 2.79. The minimum atomic E-state index is -0.889. The number of rotatable bonds is 3. The lowest BCUT2D eigenvalue weighted by molar-refractivity contribution is -0.00207. The average molecular weight is 434 g/mol. The summed E-state index contributed by atoms with van der Waals surface area (Å²) >= 11 is 0. The zero-order valence-corrected chi connectivity index (χ0v) is 19.6. The highest BCUT2D eigenvalue weighted by molar-refractivity contribution is 6.62. The fraction of sp³-hybridized carbons (Fsp3) is 0.636. The molecule has 0 radical (unpaired) electrons. The van der Waals surface area contributed by atoms with Crippen molar-refractivity contribution in [2.75, 3.05) is 20.1 Å². The van der Waals surface area contributed by atoms with Crippen LogP contribution >= 0.6 is 0 Å². The Morgan fingerprint density at radius 1 is 1.16 bits per heavy atom. The molecular formula is C22H32BFN2O5. The molecule has 1 aromatic rings. The standard InChI is InChI=1S/C22H32BFN2O5/c1-20(2,3)29-19(28)25(8)15-12-26(13-15)18(27)14-9-10-17(24)16(11-14)23-30-21(4,5)22(6,7)31-23/h9-11,15H,12-13H2,1-8H3. The van der Waals surface area contributed by atoms with Crippen molar-refractivity contribution < 1.29 is 28.0 Å². The van der Waals surface area contributed by atoms with E-state index in [1.165, 1.54) is 23.1 Å². The van der Waals surface area contributed by atoms with Gasteiger partial charge in [0.1, 0.15) is 11.4 Å². The number of ether oxygens (including phenoxy) is 1. The number of likely N-dealkylation sites (tertiary alicyclic amines) is 1. The number of hydrogen-bond acceptors (Lipinski definition) is 5. The van der Waals surface area contributed by atoms with Crippen molar-refractivity contribution in [2.45, 2.75) is 71.3 Å². The van der Waals surface area contributed by atoms with Gasteiger partial charge in [-0.05, 0) is 66.7 Å². The van der Waals surface area contributed by atoms with Crippen molar-refractivity contribution in [3.63, 3.8) is 0 Å². The van der Waals surface area contributed by atoms with Gasteiger partial charge in [0, 0.05) is 31.2 Å². The third-order valence-electron chi connectivity index (χ3n) is 6.13. The van der Waals surface area contributed by atoms with Crippen LogP contribution in [-0.2, 0) is 14.0 Å². The Morgan fingerprint density at radius 2 is 1.71 bits per heavy atom. The third kappa shape index (κ3) is 4.72. The first kappa shape index (κ1) is 23.5. The molecule has 0 atom stereocenters. The molecule has 0 spiro atoms. The van der Waals surface area contributed by atoms with E-state index >= 15 is 0 Å². The van der Waals surface area contributed by atoms with Gasteiger partial charge in [0.2, 0.25) is 0 Å². The molecule has 3 rings (SSSR count). The molecule has 2 aliphatic rings. The van der Waals surface area contributed by atoms with Crippen LogP contribution < -0.4 is 5.46 Å². The summed E-state index contributed by atoms with van der Waals surface area (Å²) in [5, 5.41) is 0. The number of amides is 2. The van der Waals surface area contributed by atoms with E-state index in [1.54, 1.807) is 11.9 Å². The van der Waals surface area contributed by atoms with Crippen molar-refractivity contribution in [3.05, 3.63) is 29.6 Å². The van der Waals surface area contributed by atoms with Gasteiger partial charge in [0.15, 0.2) is 0 Å². The molecule has 2 amide bonds. The van der Waals surface area contributed by atoms with E-state index in [2.05, 4.69) is 0 Å². The topological polar surface area (TPSA) is 68.3 Å². The Morgan fingerprint density at radius 3 is 2.23 bits per heavy atom. The Labute approximate surface area is 184 Å². The summed E-state index contributed by atoms with van der Waals surface area (Å²) in [6.07, 6.45) is -0.422. The normalized spacial score (nSPS) is 20.4. The van der Waals surface area contributed by atoms with Gasteiger partial charge in [-0.25, -0.2) is 9.18 Å². The Bertz CT molecular complexity index is 861. The molecule has 0 aromatic heterocycles. The van der Waals surface area contributed by atoms with Gasteiger partial charge in [-0.2, -0.15) is 0 Å². The molecule has 170 valence electrons. The second-order valence-electron chi connectivity index (χ2n) is 10.3. The van der Waals surface area contributed by atoms with E-state index in [4.69, 9.17) is 14.0 Å². The molecule has 2 heterocycles. The quantitative estimate of drug-likeness (QED) is 0.685. The fourth-order valence-corrected chi connectivity index (χ4v) is 3.36. The molecule has 1 aromatic carbocycles. The molecule has 0 saturated carbocycles. The highest BCUT2D eigenvalue weighted by atomic mass is 19.1. The molecule has 9 heteroatoms. The molecule has 0 N–H and O–H groups in total. The van der Waals surface area contributed by atoms with Crippen molar-refractivity contribution in [1.82, 2.24) is 9.80 Å². The zero-order chi connectivity index (χ0) is 23.4. The van der Waals surface area contributed by atoms with E-state index in [9.17, 15) is 14.0 Å². The lowest BCUT2D eigenvalue weighted by Gasteiger charge is -2.44. The second-order valence-corrected chi connectivity index (χ2v) is 10.3. The summed E-state index contributed by atoms with van der Waals surface area (Å²) < 4.78 is 31.8. The predicted octanol–water partition coefficient (Wildman–Crippen LogP) is 2.82. The molecule has 2 fully saturated rings. The molecule has 0 unspecified atom stereocenters. The summed E-state index contributed by atoms with van der Waals surface area (Å²) in [5.74, 6) is -0.715. The van der Waals surface area contributed by atoms with Crippen LogP contribution in [0.1, 0.15) is 58.8 Å². The second kappa shape index (κ2) is 7.78. The Kier molecular flexibility index (Phi) is 5.91. The van der Waals surface area contributed by atoms with E-state index < -0.39 is 35.8 Å². The third-order valence-corrected chi connectivity index (χ3v) is 6.13. The van der Waals surface area contributed by atoms with Gasteiger partial charge >= 0.3 is 13.2 Å². The van der Waals surface area contributed by atoms with Gasteiger partial charge in [0.25, 0.3) is 5.91 Å². The molecule has 0 aliphatic carbocycles. The molecule has 2 aliphatic heterocycles. The zero-order valence-electron chi connectivity index (χ0n) is 19.6. The minimum Gasteiger partial charge on any atom is -0.444 e. The Balaban J connectivity index is 1.67. The Hall–Kier alpha value is -2.13. The van der Waals surface area contributed by atoms with Crippen LogP contribution in [0.3, 0.4) is 0 Å². The van der Waals surface area contributed by atoms with Crippen LogP contribution in [0.4, 0.5) is 9.18 Å². The highest BCUT2D eigenvalue weighted by Crippen LogP contribution is 2.36. The molecule has 7 nitrogen and oxygen atoms in total. The fourth-order valence-electron chi connectivity index (χ4n) is 3.36. The molecule has 31 heavy (non-hydrogen) atoms. The van der Waals surface area contributed by atoms with Crippen LogP contribution in [0.15, 0.2) is 18.2 Å². The molecule has 0 bridgehead atoms. The predicted molar refractivity (Wildman–Crippen MR) is 116 cm³/mol. The van der Waals surface area contributed by atoms with Crippen molar-refractivity contribution in [1.29, 1.82) is 0 Å². The maximum absolute atomic E-state index is 14.5. The van der Waals surface area contributed by atoms with Crippen molar-refractivity contribution in [3.8, 4) is 0 Å². The number of benzene rings is 1. The van der Waals surface area contributed by atoms with Crippen LogP contribution in [0.5, 0.6) is 0 Å². The number of carbonyl (C=O) groups excluding carboxylic acids is 2. The van der Waals surface area contributed by atoms with E-state index in [0.717, 1.165) is 0 Å². The van der Waals surface area contributed by atoms with Crippen molar-refractivity contribution in [2.24, 2.45) is 0 Å². The molecule has 2 saturated heterocycles. The lowest BCUT2D eigenvalue weighted by atomic mass is 9.77. The summed E-state index contributed by atoms with van der Waals surface area (Å²) in [6.45, 7) is 13.8. The van der Waals surface area contributed by atoms with Gasteiger partial charge < -0.3 is 23.8 Å². The van der Waals surface area contributed by atoms with Crippen LogP contribution in [0.2, 0.25) is 0 Å². The summed E-state index contributed by atoms with van der Waals surface area (Å²) in [4.78, 5) is 28.2. The van der Waals surface area contributed by atoms with Gasteiger partial charge in [-0.3, -0.25) is 4.79 Å². The SMILES string of the molecule is CN(C(=O)OC(C)(C)C)C1CN(C(=O)c2ccc(F)c(B3OC(C)(C)C(C)(C)O3)c2)C1. The van der Waals surface area contributed by atoms with Gasteiger partial charge in [0.05, 0.1) is 17.2 Å². The highest BCUT2D eigenvalue weighted by Gasteiger charge is 2.52. The molecular weight excluding hydrogens is 402 g/mol. The summed E-state index contributed by atoms with van der Waals surface area (Å²) in [7, 11) is 0.773. The van der Waals surface area contributed by atoms with Crippen molar-refractivity contribution >= 4 is 24.6 Å². The smallest absolute Gasteiger partial charge is 0.444 e. The van der Waals surface area contributed by atoms with Crippen LogP contribution in [0.25, 0.3) is 0 Å². The van der Waals surface area contributed by atoms with E-state index in [0.29, 0.717) is 18.7 Å². The number of carbonyl (C=O) groups is 2. The maximum atomic E-state index is 14.5.